The van der Waals surface area contributed by atoms with E-state index in [9.17, 15) is 9.59 Å². The van der Waals surface area contributed by atoms with E-state index in [4.69, 9.17) is 0 Å². The minimum atomic E-state index is 0. The van der Waals surface area contributed by atoms with Gasteiger partial charge < -0.3 is 9.88 Å². The molecule has 1 aromatic rings. The van der Waals surface area contributed by atoms with Crippen molar-refractivity contribution >= 4 is 13.2 Å². The van der Waals surface area contributed by atoms with Crippen LogP contribution >= 0.6 is 0 Å². The molecule has 0 aromatic carbocycles. The summed E-state index contributed by atoms with van der Waals surface area (Å²) in [6.07, 6.45) is 5.95. The van der Waals surface area contributed by atoms with E-state index in [2.05, 4.69) is 33.0 Å². The molecule has 140 valence electrons. The molecule has 2 rings (SSSR count). The van der Waals surface area contributed by atoms with Crippen molar-refractivity contribution in [1.29, 1.82) is 0 Å². The molecule has 6 heteroatoms. The molecule has 1 fully saturated rings. The Morgan fingerprint density at radius 3 is 2.04 bits per heavy atom. The second-order valence-corrected chi connectivity index (χ2v) is 5.50. The average Bonchev–Trinajstić information content (AvgIpc) is 3.11. The standard InChI is InChI=1S/C9H13NO.C5H9BNO.C3H8.C2H6.Y/c1-4-8-5-10-9(11)7(3)6(8)2;1-5(8)7-3-2-6-4-7;1-3-2;1-2;/h5H,4H2,1-3H3,(H,10,11);2-4H2,1H3;3H2,1-2H3;1-2H3;. The zero-order valence-electron chi connectivity index (χ0n) is 17.5. The van der Waals surface area contributed by atoms with Gasteiger partial charge in [0.15, 0.2) is 0 Å². The molecule has 0 aliphatic carbocycles. The molecular weight excluding hydrogens is 388 g/mol. The third kappa shape index (κ3) is 12.6. The maximum absolute atomic E-state index is 11.1. The number of nitrogens with one attached hydrogen (secondary N) is 1. The number of H-pyrrole nitrogens is 1. The van der Waals surface area contributed by atoms with Crippen molar-refractivity contribution in [3.63, 3.8) is 0 Å². The van der Waals surface area contributed by atoms with Gasteiger partial charge in [-0.3, -0.25) is 9.59 Å². The Morgan fingerprint density at radius 2 is 1.72 bits per heavy atom. The molecule has 0 saturated carbocycles. The van der Waals surface area contributed by atoms with E-state index < -0.39 is 0 Å². The van der Waals surface area contributed by atoms with Gasteiger partial charge in [0.2, 0.25) is 5.91 Å². The van der Waals surface area contributed by atoms with Crippen molar-refractivity contribution in [3.05, 3.63) is 33.2 Å². The fourth-order valence-corrected chi connectivity index (χ4v) is 2.02. The zero-order valence-corrected chi connectivity index (χ0v) is 20.4. The fraction of sp³-hybridized carbons (Fsp3) is 0.684. The van der Waals surface area contributed by atoms with Gasteiger partial charge in [-0.05, 0) is 37.8 Å². The van der Waals surface area contributed by atoms with E-state index >= 15 is 0 Å². The van der Waals surface area contributed by atoms with Crippen molar-refractivity contribution in [3.8, 4) is 0 Å². The van der Waals surface area contributed by atoms with Crippen LogP contribution in [0.3, 0.4) is 0 Å². The van der Waals surface area contributed by atoms with Crippen molar-refractivity contribution in [2.24, 2.45) is 0 Å². The van der Waals surface area contributed by atoms with Gasteiger partial charge >= 0.3 is 0 Å². The molecule has 1 aromatic heterocycles. The van der Waals surface area contributed by atoms with Crippen molar-refractivity contribution in [2.75, 3.05) is 13.0 Å². The van der Waals surface area contributed by atoms with Gasteiger partial charge in [0.1, 0.15) is 7.28 Å². The van der Waals surface area contributed by atoms with Crippen LogP contribution in [0.2, 0.25) is 6.32 Å². The third-order valence-corrected chi connectivity index (χ3v) is 3.54. The van der Waals surface area contributed by atoms with Crippen LogP contribution in [-0.2, 0) is 43.9 Å². The number of hydrogen-bond acceptors (Lipinski definition) is 2. The summed E-state index contributed by atoms with van der Waals surface area (Å²) < 4.78 is 0. The number of aromatic nitrogens is 1. The van der Waals surface area contributed by atoms with E-state index in [-0.39, 0.29) is 44.2 Å². The van der Waals surface area contributed by atoms with Crippen LogP contribution in [0.25, 0.3) is 0 Å². The number of carbonyl (C=O) groups is 1. The Kier molecular flexibility index (Phi) is 21.6. The summed E-state index contributed by atoms with van der Waals surface area (Å²) in [5.74, 6) is 0.193. The Hall–Kier alpha value is -0.411. The minimum absolute atomic E-state index is 0. The first-order valence-electron chi connectivity index (χ1n) is 9.13. The molecule has 2 radical (unpaired) electrons. The van der Waals surface area contributed by atoms with Crippen LogP contribution < -0.4 is 5.56 Å². The average molecular weight is 424 g/mol. The van der Waals surface area contributed by atoms with Crippen LogP contribution in [0.4, 0.5) is 0 Å². The number of hydrogen-bond donors (Lipinski definition) is 1. The van der Waals surface area contributed by atoms with Crippen LogP contribution in [0, 0.1) is 13.8 Å². The van der Waals surface area contributed by atoms with Crippen LogP contribution in [0.5, 0.6) is 0 Å². The smallest absolute Gasteiger partial charge is 0.251 e. The number of nitrogens with zero attached hydrogens (tertiary/aromatic N) is 1. The van der Waals surface area contributed by atoms with Crippen molar-refractivity contribution in [1.82, 2.24) is 9.88 Å². The van der Waals surface area contributed by atoms with Crippen molar-refractivity contribution in [2.45, 2.75) is 74.6 Å². The molecule has 1 amide bonds. The monoisotopic (exact) mass is 424 g/mol. The Balaban J connectivity index is -0.000000306. The van der Waals surface area contributed by atoms with Gasteiger partial charge in [-0.2, -0.15) is 0 Å². The largest absolute Gasteiger partial charge is 0.352 e. The molecule has 0 atom stereocenters. The summed E-state index contributed by atoms with van der Waals surface area (Å²) in [5, 5.41) is 0. The Morgan fingerprint density at radius 1 is 1.20 bits per heavy atom. The second kappa shape index (κ2) is 18.4. The van der Waals surface area contributed by atoms with Gasteiger partial charge in [0.25, 0.3) is 5.56 Å². The predicted molar refractivity (Wildman–Crippen MR) is 106 cm³/mol. The first-order valence-corrected chi connectivity index (χ1v) is 9.13. The molecule has 25 heavy (non-hydrogen) atoms. The van der Waals surface area contributed by atoms with Gasteiger partial charge in [0.05, 0.1) is 0 Å². The number of aromatic amines is 1. The van der Waals surface area contributed by atoms with Gasteiger partial charge in [0, 0.05) is 57.9 Å². The molecule has 2 heterocycles. The molecule has 1 N–H and O–H groups in total. The van der Waals surface area contributed by atoms with Gasteiger partial charge in [-0.1, -0.05) is 47.4 Å². The number of aryl methyl sites for hydroxylation is 1. The first-order chi connectivity index (χ1) is 11.4. The maximum atomic E-state index is 11.1. The topological polar surface area (TPSA) is 53.2 Å². The van der Waals surface area contributed by atoms with Crippen LogP contribution in [0.1, 0.15) is 64.7 Å². The quantitative estimate of drug-likeness (QED) is 0.695. The number of amides is 1. The Bertz CT molecular complexity index is 513. The predicted octanol–water partition coefficient (Wildman–Crippen LogP) is 3.92. The van der Waals surface area contributed by atoms with Gasteiger partial charge in [-0.15, -0.1) is 0 Å². The van der Waals surface area contributed by atoms with Crippen LogP contribution in [0.15, 0.2) is 11.0 Å². The Labute approximate surface area is 180 Å². The molecule has 1 aliphatic rings. The second-order valence-electron chi connectivity index (χ2n) is 5.50. The SMILES string of the molecule is CC.CC(=O)N1C[B]CC1.CCC.CCc1c[nH]c(=O)c(C)c1C.[Y]. The summed E-state index contributed by atoms with van der Waals surface area (Å²) in [4.78, 5) is 26.1. The third-order valence-electron chi connectivity index (χ3n) is 3.54. The van der Waals surface area contributed by atoms with E-state index in [0.29, 0.717) is 0 Å². The van der Waals surface area contributed by atoms with E-state index in [1.54, 1.807) is 13.1 Å². The fourth-order valence-electron chi connectivity index (χ4n) is 2.02. The molecule has 4 nitrogen and oxygen atoms in total. The maximum Gasteiger partial charge on any atom is 0.251 e. The number of carbonyl (C=O) groups excluding carboxylic acids is 1. The summed E-state index contributed by atoms with van der Waals surface area (Å²) in [7, 11) is 2.13. The molecule has 0 unspecified atom stereocenters. The molecule has 0 bridgehead atoms. The molecule has 0 spiro atoms. The van der Waals surface area contributed by atoms with Gasteiger partial charge in [-0.25, -0.2) is 0 Å². The normalized spacial score (nSPS) is 11.3. The summed E-state index contributed by atoms with van der Waals surface area (Å²) in [6, 6.07) is 0. The molecule has 1 saturated heterocycles. The number of rotatable bonds is 1. The zero-order chi connectivity index (χ0) is 19.1. The van der Waals surface area contributed by atoms with Crippen LogP contribution in [-0.4, -0.2) is 36.1 Å². The van der Waals surface area contributed by atoms with E-state index in [0.717, 1.165) is 36.9 Å². The summed E-state index contributed by atoms with van der Waals surface area (Å²) in [5.41, 5.74) is 3.21. The minimum Gasteiger partial charge on any atom is -0.352 e. The molecule has 1 aliphatic heterocycles. The van der Waals surface area contributed by atoms with E-state index in [1.807, 2.05) is 32.6 Å². The van der Waals surface area contributed by atoms with E-state index in [1.165, 1.54) is 12.0 Å². The molecular formula is C19H36BN2O2Y. The summed E-state index contributed by atoms with van der Waals surface area (Å²) in [6.45, 7) is 16.7. The van der Waals surface area contributed by atoms with Crippen molar-refractivity contribution < 1.29 is 37.5 Å². The first kappa shape index (κ1) is 29.4. The summed E-state index contributed by atoms with van der Waals surface area (Å²) >= 11 is 0. The number of pyridine rings is 1.